The van der Waals surface area contributed by atoms with Crippen LogP contribution in [0.5, 0.6) is 0 Å². The van der Waals surface area contributed by atoms with Crippen LogP contribution in [0, 0.1) is 0 Å². The van der Waals surface area contributed by atoms with Gasteiger partial charge in [0, 0.05) is 54.8 Å². The van der Waals surface area contributed by atoms with Crippen LogP contribution >= 0.6 is 11.8 Å². The second kappa shape index (κ2) is 5.66. The van der Waals surface area contributed by atoms with Gasteiger partial charge in [0.25, 0.3) is 5.91 Å². The van der Waals surface area contributed by atoms with E-state index in [1.807, 2.05) is 36.1 Å². The molecule has 1 amide bonds. The van der Waals surface area contributed by atoms with Crippen LogP contribution in [0.3, 0.4) is 0 Å². The van der Waals surface area contributed by atoms with Crippen molar-refractivity contribution >= 4 is 17.7 Å². The highest BCUT2D eigenvalue weighted by Crippen LogP contribution is 2.30. The lowest BCUT2D eigenvalue weighted by molar-refractivity contribution is 0.0701. The van der Waals surface area contributed by atoms with E-state index in [4.69, 9.17) is 0 Å². The van der Waals surface area contributed by atoms with E-state index in [0.717, 1.165) is 23.6 Å². The summed E-state index contributed by atoms with van der Waals surface area (Å²) in [5, 5.41) is 4.22. The number of hydrogen-bond donors (Lipinski definition) is 0. The lowest BCUT2D eigenvalue weighted by atomic mass is 10.1. The zero-order valence-electron chi connectivity index (χ0n) is 11.3. The molecule has 1 unspecified atom stereocenters. The highest BCUT2D eigenvalue weighted by atomic mass is 32.2. The molecule has 2 aromatic rings. The molecule has 0 aliphatic carbocycles. The van der Waals surface area contributed by atoms with Crippen molar-refractivity contribution in [1.82, 2.24) is 19.7 Å². The Hall–Kier alpha value is -1.82. The average Bonchev–Trinajstić information content (AvgIpc) is 2.94. The number of nitrogens with zero attached hydrogens (tertiary/aromatic N) is 4. The van der Waals surface area contributed by atoms with Crippen molar-refractivity contribution in [1.29, 1.82) is 0 Å². The number of aromatic nitrogens is 3. The van der Waals surface area contributed by atoms with Crippen LogP contribution in [0.1, 0.15) is 22.0 Å². The Morgan fingerprint density at radius 3 is 2.90 bits per heavy atom. The Labute approximate surface area is 122 Å². The minimum atomic E-state index is 0.0709. The molecule has 0 radical (unpaired) electrons. The molecule has 1 aliphatic heterocycles. The summed E-state index contributed by atoms with van der Waals surface area (Å²) in [5.41, 5.74) is 1.79. The molecule has 0 aromatic carbocycles. The Kier molecular flexibility index (Phi) is 3.73. The molecule has 6 heteroatoms. The highest BCUT2D eigenvalue weighted by molar-refractivity contribution is 7.99. The first-order valence-corrected chi connectivity index (χ1v) is 7.68. The van der Waals surface area contributed by atoms with E-state index in [9.17, 15) is 4.79 Å². The van der Waals surface area contributed by atoms with Crippen LogP contribution in [0.15, 0.2) is 36.9 Å². The summed E-state index contributed by atoms with van der Waals surface area (Å²) < 4.78 is 1.78. The molecule has 104 valence electrons. The molecule has 1 saturated heterocycles. The number of rotatable bonds is 2. The van der Waals surface area contributed by atoms with Crippen molar-refractivity contribution in [3.8, 4) is 0 Å². The summed E-state index contributed by atoms with van der Waals surface area (Å²) in [6, 6.07) is 3.64. The summed E-state index contributed by atoms with van der Waals surface area (Å²) in [5.74, 6) is 1.97. The van der Waals surface area contributed by atoms with E-state index in [2.05, 4.69) is 10.1 Å². The van der Waals surface area contributed by atoms with Gasteiger partial charge in [-0.25, -0.2) is 0 Å². The normalized spacial score (nSPS) is 19.1. The standard InChI is InChI=1S/C14H16N4OS/c1-17-9-12(8-16-17)13-10-20-7-6-18(13)14(19)11-2-4-15-5-3-11/h2-5,8-9,13H,6-7,10H2,1H3. The van der Waals surface area contributed by atoms with Gasteiger partial charge in [0.1, 0.15) is 0 Å². The van der Waals surface area contributed by atoms with Gasteiger partial charge in [0.15, 0.2) is 0 Å². The van der Waals surface area contributed by atoms with Gasteiger partial charge in [-0.05, 0) is 12.1 Å². The van der Waals surface area contributed by atoms with E-state index >= 15 is 0 Å². The molecule has 0 N–H and O–H groups in total. The number of hydrogen-bond acceptors (Lipinski definition) is 4. The third-order valence-corrected chi connectivity index (χ3v) is 4.45. The molecule has 0 saturated carbocycles. The number of carbonyl (C=O) groups is 1. The topological polar surface area (TPSA) is 51.0 Å². The molecule has 3 rings (SSSR count). The Balaban J connectivity index is 1.87. The van der Waals surface area contributed by atoms with Crippen LogP contribution in [0.4, 0.5) is 0 Å². The molecular formula is C14H16N4OS. The van der Waals surface area contributed by atoms with Crippen molar-refractivity contribution < 1.29 is 4.79 Å². The summed E-state index contributed by atoms with van der Waals surface area (Å²) in [6.45, 7) is 0.769. The van der Waals surface area contributed by atoms with Crippen molar-refractivity contribution in [3.63, 3.8) is 0 Å². The van der Waals surface area contributed by atoms with Gasteiger partial charge in [0.2, 0.25) is 0 Å². The quantitative estimate of drug-likeness (QED) is 0.845. The Morgan fingerprint density at radius 2 is 2.20 bits per heavy atom. The maximum Gasteiger partial charge on any atom is 0.254 e. The second-order valence-corrected chi connectivity index (χ2v) is 5.92. The lowest BCUT2D eigenvalue weighted by Gasteiger charge is -2.35. The predicted octanol–water partition coefficient (Wildman–Crippen LogP) is 1.75. The van der Waals surface area contributed by atoms with Crippen LogP contribution < -0.4 is 0 Å². The van der Waals surface area contributed by atoms with Gasteiger partial charge in [0.05, 0.1) is 12.2 Å². The summed E-state index contributed by atoms with van der Waals surface area (Å²) >= 11 is 1.88. The van der Waals surface area contributed by atoms with Gasteiger partial charge in [-0.1, -0.05) is 0 Å². The highest BCUT2D eigenvalue weighted by Gasteiger charge is 2.29. The zero-order valence-corrected chi connectivity index (χ0v) is 12.1. The SMILES string of the molecule is Cn1cc(C2CSCCN2C(=O)c2ccncc2)cn1. The van der Waals surface area contributed by atoms with Gasteiger partial charge >= 0.3 is 0 Å². The van der Waals surface area contributed by atoms with E-state index in [0.29, 0.717) is 5.56 Å². The number of amides is 1. The van der Waals surface area contributed by atoms with Crippen LogP contribution in [0.25, 0.3) is 0 Å². The molecule has 2 aromatic heterocycles. The van der Waals surface area contributed by atoms with Gasteiger partial charge in [-0.3, -0.25) is 14.5 Å². The van der Waals surface area contributed by atoms with Crippen molar-refractivity contribution in [3.05, 3.63) is 48.0 Å². The third kappa shape index (κ3) is 2.56. The van der Waals surface area contributed by atoms with E-state index in [1.165, 1.54) is 0 Å². The molecule has 1 atom stereocenters. The van der Waals surface area contributed by atoms with Crippen molar-refractivity contribution in [2.75, 3.05) is 18.1 Å². The van der Waals surface area contributed by atoms with E-state index in [1.54, 1.807) is 29.2 Å². The molecule has 1 fully saturated rings. The summed E-state index contributed by atoms with van der Waals surface area (Å²) in [4.78, 5) is 18.6. The molecular weight excluding hydrogens is 272 g/mol. The van der Waals surface area contributed by atoms with Crippen LogP contribution in [-0.4, -0.2) is 43.6 Å². The second-order valence-electron chi connectivity index (χ2n) is 4.77. The molecule has 1 aliphatic rings. The van der Waals surface area contributed by atoms with E-state index in [-0.39, 0.29) is 11.9 Å². The molecule has 5 nitrogen and oxygen atoms in total. The fourth-order valence-electron chi connectivity index (χ4n) is 2.40. The Bertz CT molecular complexity index is 598. The summed E-state index contributed by atoms with van der Waals surface area (Å²) in [7, 11) is 1.90. The molecule has 20 heavy (non-hydrogen) atoms. The van der Waals surface area contributed by atoms with Gasteiger partial charge in [-0.15, -0.1) is 0 Å². The Morgan fingerprint density at radius 1 is 1.40 bits per heavy atom. The summed E-state index contributed by atoms with van der Waals surface area (Å²) in [6.07, 6.45) is 7.16. The monoisotopic (exact) mass is 288 g/mol. The molecule has 3 heterocycles. The number of aryl methyl sites for hydroxylation is 1. The average molecular weight is 288 g/mol. The predicted molar refractivity (Wildman–Crippen MR) is 78.5 cm³/mol. The van der Waals surface area contributed by atoms with Crippen LogP contribution in [0.2, 0.25) is 0 Å². The maximum atomic E-state index is 12.7. The lowest BCUT2D eigenvalue weighted by Crippen LogP contribution is -2.40. The first kappa shape index (κ1) is 13.2. The van der Waals surface area contributed by atoms with E-state index < -0.39 is 0 Å². The van der Waals surface area contributed by atoms with Gasteiger partial charge in [-0.2, -0.15) is 16.9 Å². The number of carbonyl (C=O) groups excluding carboxylic acids is 1. The van der Waals surface area contributed by atoms with Crippen LogP contribution in [-0.2, 0) is 7.05 Å². The first-order chi connectivity index (χ1) is 9.75. The fraction of sp³-hybridized carbons (Fsp3) is 0.357. The minimum absolute atomic E-state index is 0.0709. The molecule has 0 bridgehead atoms. The molecule has 0 spiro atoms. The van der Waals surface area contributed by atoms with Crippen molar-refractivity contribution in [2.24, 2.45) is 7.05 Å². The smallest absolute Gasteiger partial charge is 0.254 e. The zero-order chi connectivity index (χ0) is 13.9. The minimum Gasteiger partial charge on any atom is -0.330 e. The maximum absolute atomic E-state index is 12.7. The largest absolute Gasteiger partial charge is 0.330 e. The first-order valence-electron chi connectivity index (χ1n) is 6.53. The fourth-order valence-corrected chi connectivity index (χ4v) is 3.48. The third-order valence-electron chi connectivity index (χ3n) is 3.43. The number of thioether (sulfide) groups is 1. The van der Waals surface area contributed by atoms with Crippen molar-refractivity contribution in [2.45, 2.75) is 6.04 Å². The number of pyridine rings is 1. The van der Waals surface area contributed by atoms with Gasteiger partial charge < -0.3 is 4.90 Å².